The van der Waals surface area contributed by atoms with Crippen molar-refractivity contribution in [1.29, 1.82) is 0 Å². The van der Waals surface area contributed by atoms with E-state index in [0.29, 0.717) is 10.6 Å². The Balaban J connectivity index is 2.36. The van der Waals surface area contributed by atoms with Crippen LogP contribution in [0.25, 0.3) is 0 Å². The van der Waals surface area contributed by atoms with Gasteiger partial charge >= 0.3 is 5.97 Å². The van der Waals surface area contributed by atoms with Crippen LogP contribution in [0.3, 0.4) is 0 Å². The number of carbonyl (C=O) groups is 3. The number of hydrogen-bond acceptors (Lipinski definition) is 4. The summed E-state index contributed by atoms with van der Waals surface area (Å²) in [4.78, 5) is 36.5. The molecule has 1 aromatic rings. The van der Waals surface area contributed by atoms with Gasteiger partial charge in [-0.05, 0) is 37.2 Å². The van der Waals surface area contributed by atoms with Gasteiger partial charge in [-0.3, -0.25) is 9.59 Å². The second-order valence-electron chi connectivity index (χ2n) is 6.13. The topological polar surface area (TPSA) is 95.5 Å². The Morgan fingerprint density at radius 3 is 2.39 bits per heavy atom. The number of carbonyl (C=O) groups excluding carboxylic acids is 2. The van der Waals surface area contributed by atoms with Crippen LogP contribution in [0.4, 0.5) is 5.00 Å². The predicted molar refractivity (Wildman–Crippen MR) is 89.0 cm³/mol. The molecule has 1 aliphatic rings. The largest absolute Gasteiger partial charge is 0.480 e. The van der Waals surface area contributed by atoms with Crippen molar-refractivity contribution in [3.63, 3.8) is 0 Å². The zero-order valence-electron chi connectivity index (χ0n) is 13.6. The molecule has 7 heteroatoms. The van der Waals surface area contributed by atoms with Gasteiger partial charge in [0.2, 0.25) is 5.91 Å². The minimum atomic E-state index is -1.06. The molecule has 1 aliphatic carbocycles. The van der Waals surface area contributed by atoms with Gasteiger partial charge in [0, 0.05) is 11.8 Å². The van der Waals surface area contributed by atoms with Gasteiger partial charge in [-0.25, -0.2) is 4.79 Å². The molecule has 23 heavy (non-hydrogen) atoms. The average Bonchev–Trinajstić information content (AvgIpc) is 2.80. The summed E-state index contributed by atoms with van der Waals surface area (Å²) in [7, 11) is 0. The third-order valence-corrected chi connectivity index (χ3v) is 5.11. The summed E-state index contributed by atoms with van der Waals surface area (Å²) in [6, 6.07) is -0.952. The second kappa shape index (κ2) is 7.12. The van der Waals surface area contributed by atoms with Crippen molar-refractivity contribution in [1.82, 2.24) is 5.32 Å². The monoisotopic (exact) mass is 338 g/mol. The summed E-state index contributed by atoms with van der Waals surface area (Å²) >= 11 is 1.42. The smallest absolute Gasteiger partial charge is 0.326 e. The zero-order valence-corrected chi connectivity index (χ0v) is 14.4. The first kappa shape index (κ1) is 17.5. The lowest BCUT2D eigenvalue weighted by Crippen LogP contribution is -2.44. The molecule has 3 N–H and O–H groups in total. The number of aryl methyl sites for hydroxylation is 1. The fourth-order valence-electron chi connectivity index (χ4n) is 2.78. The molecule has 0 fully saturated rings. The maximum absolute atomic E-state index is 12.7. The molecule has 1 atom stereocenters. The molecule has 2 rings (SSSR count). The molecular formula is C16H22N2O4S. The molecule has 0 spiro atoms. The molecule has 1 unspecified atom stereocenters. The molecule has 0 saturated carbocycles. The maximum atomic E-state index is 12.7. The molecule has 6 nitrogen and oxygen atoms in total. The number of fused-ring (bicyclic) bond motifs is 1. The Morgan fingerprint density at radius 1 is 1.17 bits per heavy atom. The van der Waals surface area contributed by atoms with E-state index in [9.17, 15) is 19.5 Å². The van der Waals surface area contributed by atoms with Gasteiger partial charge in [0.05, 0.1) is 5.56 Å². The Morgan fingerprint density at radius 2 is 1.83 bits per heavy atom. The first-order chi connectivity index (χ1) is 10.8. The standard InChI is InChI=1S/C16H22N2O4S/c1-8(2)13(16(21)22)18-14(20)12-10-6-4-5-7-11(10)23-15(12)17-9(3)19/h8,13H,4-7H2,1-3H3,(H,17,19)(H,18,20)(H,21,22). The summed E-state index contributed by atoms with van der Waals surface area (Å²) in [6.45, 7) is 4.89. The minimum Gasteiger partial charge on any atom is -0.480 e. The van der Waals surface area contributed by atoms with Gasteiger partial charge in [0.15, 0.2) is 0 Å². The van der Waals surface area contributed by atoms with Crippen molar-refractivity contribution in [3.8, 4) is 0 Å². The maximum Gasteiger partial charge on any atom is 0.326 e. The van der Waals surface area contributed by atoms with Crippen LogP contribution in [0.1, 0.15) is 54.4 Å². The number of aliphatic carboxylic acids is 1. The lowest BCUT2D eigenvalue weighted by molar-refractivity contribution is -0.140. The number of rotatable bonds is 5. The highest BCUT2D eigenvalue weighted by atomic mass is 32.1. The van der Waals surface area contributed by atoms with Crippen LogP contribution in [0.5, 0.6) is 0 Å². The fourth-order valence-corrected chi connectivity index (χ4v) is 4.11. The summed E-state index contributed by atoms with van der Waals surface area (Å²) in [6.07, 6.45) is 3.74. The number of amides is 2. The van der Waals surface area contributed by atoms with Crippen LogP contribution in [-0.4, -0.2) is 28.9 Å². The Kier molecular flexibility index (Phi) is 5.41. The Bertz CT molecular complexity index is 636. The first-order valence-corrected chi connectivity index (χ1v) is 8.58. The molecule has 0 aromatic carbocycles. The fraction of sp³-hybridized carbons (Fsp3) is 0.562. The van der Waals surface area contributed by atoms with Crippen LogP contribution in [0.15, 0.2) is 0 Å². The van der Waals surface area contributed by atoms with E-state index >= 15 is 0 Å². The van der Waals surface area contributed by atoms with E-state index in [4.69, 9.17) is 0 Å². The second-order valence-corrected chi connectivity index (χ2v) is 7.23. The number of carboxylic acids is 1. The van der Waals surface area contributed by atoms with E-state index in [1.54, 1.807) is 13.8 Å². The van der Waals surface area contributed by atoms with Crippen molar-refractivity contribution in [3.05, 3.63) is 16.0 Å². The number of thiophene rings is 1. The highest BCUT2D eigenvalue weighted by Gasteiger charge is 2.30. The van der Waals surface area contributed by atoms with E-state index in [0.717, 1.165) is 36.1 Å². The van der Waals surface area contributed by atoms with Gasteiger partial charge in [-0.1, -0.05) is 13.8 Å². The molecule has 0 bridgehead atoms. The highest BCUT2D eigenvalue weighted by Crippen LogP contribution is 2.38. The van der Waals surface area contributed by atoms with E-state index < -0.39 is 17.9 Å². The van der Waals surface area contributed by atoms with Crippen molar-refractivity contribution >= 4 is 34.1 Å². The minimum absolute atomic E-state index is 0.227. The molecule has 1 aromatic heterocycles. The molecule has 1 heterocycles. The summed E-state index contributed by atoms with van der Waals surface area (Å²) in [5.41, 5.74) is 1.39. The Hall–Kier alpha value is -1.89. The summed E-state index contributed by atoms with van der Waals surface area (Å²) < 4.78 is 0. The first-order valence-electron chi connectivity index (χ1n) is 7.77. The van der Waals surface area contributed by atoms with Crippen molar-refractivity contribution < 1.29 is 19.5 Å². The van der Waals surface area contributed by atoms with E-state index in [-0.39, 0.29) is 11.8 Å². The molecule has 0 saturated heterocycles. The normalized spacial score (nSPS) is 15.0. The average molecular weight is 338 g/mol. The quantitative estimate of drug-likeness (QED) is 0.768. The van der Waals surface area contributed by atoms with Crippen molar-refractivity contribution in [2.45, 2.75) is 52.5 Å². The predicted octanol–water partition coefficient (Wildman–Crippen LogP) is 2.42. The van der Waals surface area contributed by atoms with E-state index in [1.807, 2.05) is 0 Å². The number of anilines is 1. The van der Waals surface area contributed by atoms with E-state index in [1.165, 1.54) is 18.3 Å². The van der Waals surface area contributed by atoms with Crippen molar-refractivity contribution in [2.75, 3.05) is 5.32 Å². The molecule has 2 amide bonds. The molecular weight excluding hydrogens is 316 g/mol. The lowest BCUT2D eigenvalue weighted by Gasteiger charge is -2.19. The summed E-state index contributed by atoms with van der Waals surface area (Å²) in [5.74, 6) is -1.95. The van der Waals surface area contributed by atoms with Gasteiger partial charge in [-0.15, -0.1) is 11.3 Å². The molecule has 0 aliphatic heterocycles. The summed E-state index contributed by atoms with van der Waals surface area (Å²) in [5, 5.41) is 15.1. The van der Waals surface area contributed by atoms with Crippen LogP contribution in [0.2, 0.25) is 0 Å². The zero-order chi connectivity index (χ0) is 17.1. The lowest BCUT2D eigenvalue weighted by atomic mass is 9.94. The number of carboxylic acid groups (broad SMARTS) is 1. The SMILES string of the molecule is CC(=O)Nc1sc2c(c1C(=O)NC(C(=O)O)C(C)C)CCCC2. The third kappa shape index (κ3) is 3.90. The molecule has 0 radical (unpaired) electrons. The number of hydrogen-bond donors (Lipinski definition) is 3. The Labute approximate surface area is 139 Å². The number of nitrogens with one attached hydrogen (secondary N) is 2. The third-order valence-electron chi connectivity index (χ3n) is 3.91. The molecule has 126 valence electrons. The van der Waals surface area contributed by atoms with Crippen LogP contribution in [-0.2, 0) is 22.4 Å². The van der Waals surface area contributed by atoms with Gasteiger partial charge < -0.3 is 15.7 Å². The van der Waals surface area contributed by atoms with Crippen LogP contribution in [0, 0.1) is 5.92 Å². The van der Waals surface area contributed by atoms with E-state index in [2.05, 4.69) is 10.6 Å². The van der Waals surface area contributed by atoms with Crippen LogP contribution < -0.4 is 10.6 Å². The van der Waals surface area contributed by atoms with Crippen LogP contribution >= 0.6 is 11.3 Å². The van der Waals surface area contributed by atoms with Gasteiger partial charge in [0.1, 0.15) is 11.0 Å². The van der Waals surface area contributed by atoms with Gasteiger partial charge in [-0.2, -0.15) is 0 Å². The van der Waals surface area contributed by atoms with Crippen molar-refractivity contribution in [2.24, 2.45) is 5.92 Å². The van der Waals surface area contributed by atoms with Gasteiger partial charge in [0.25, 0.3) is 5.91 Å². The highest BCUT2D eigenvalue weighted by molar-refractivity contribution is 7.17.